The summed E-state index contributed by atoms with van der Waals surface area (Å²) in [5, 5.41) is 14.6. The van der Waals surface area contributed by atoms with Crippen LogP contribution in [0.2, 0.25) is 0 Å². The van der Waals surface area contributed by atoms with Gasteiger partial charge in [-0.3, -0.25) is 9.69 Å². The Morgan fingerprint density at radius 1 is 1.25 bits per heavy atom. The van der Waals surface area contributed by atoms with Crippen molar-refractivity contribution in [2.24, 2.45) is 0 Å². The number of benzene rings is 1. The number of carbonyl (C=O) groups is 1. The van der Waals surface area contributed by atoms with Crippen molar-refractivity contribution in [2.45, 2.75) is 26.0 Å². The largest absolute Gasteiger partial charge is 0.390 e. The zero-order chi connectivity index (χ0) is 16.9. The van der Waals surface area contributed by atoms with E-state index < -0.39 is 6.10 Å². The summed E-state index contributed by atoms with van der Waals surface area (Å²) in [6, 6.07) is 10.1. The number of aliphatic hydroxyl groups is 1. The van der Waals surface area contributed by atoms with Crippen molar-refractivity contribution in [3.8, 4) is 5.69 Å². The molecule has 1 fully saturated rings. The average Bonchev–Trinajstić information content (AvgIpc) is 3.05. The number of aliphatic hydroxyl groups excluding tert-OH is 1. The van der Waals surface area contributed by atoms with Crippen molar-refractivity contribution in [3.05, 3.63) is 48.3 Å². The second kappa shape index (κ2) is 7.59. The van der Waals surface area contributed by atoms with E-state index in [9.17, 15) is 9.90 Å². The van der Waals surface area contributed by atoms with Gasteiger partial charge in [-0.25, -0.2) is 4.68 Å². The third-order valence-corrected chi connectivity index (χ3v) is 4.38. The van der Waals surface area contributed by atoms with Crippen LogP contribution in [0.3, 0.4) is 0 Å². The summed E-state index contributed by atoms with van der Waals surface area (Å²) >= 11 is 0. The first-order chi connectivity index (χ1) is 11.7. The molecule has 1 aliphatic heterocycles. The molecular weight excluding hydrogens is 304 g/mol. The fraction of sp³-hybridized carbons (Fsp3) is 0.444. The smallest absolute Gasteiger partial charge is 0.222 e. The lowest BCUT2D eigenvalue weighted by Gasteiger charge is -2.22. The molecule has 0 unspecified atom stereocenters. The van der Waals surface area contributed by atoms with Gasteiger partial charge in [0.2, 0.25) is 5.91 Å². The first kappa shape index (κ1) is 16.7. The normalized spacial score (nSPS) is 19.2. The Morgan fingerprint density at radius 3 is 2.83 bits per heavy atom. The number of para-hydroxylation sites is 1. The highest BCUT2D eigenvalue weighted by Gasteiger charge is 2.24. The van der Waals surface area contributed by atoms with E-state index in [1.807, 2.05) is 42.1 Å². The third kappa shape index (κ3) is 3.83. The molecule has 2 aromatic rings. The van der Waals surface area contributed by atoms with E-state index >= 15 is 0 Å². The fourth-order valence-corrected chi connectivity index (χ4v) is 3.17. The predicted molar refractivity (Wildman–Crippen MR) is 91.7 cm³/mol. The van der Waals surface area contributed by atoms with E-state index in [4.69, 9.17) is 0 Å². The molecule has 1 aromatic heterocycles. The van der Waals surface area contributed by atoms with Crippen LogP contribution < -0.4 is 0 Å². The number of aromatic nitrogens is 2. The van der Waals surface area contributed by atoms with E-state index in [2.05, 4.69) is 16.1 Å². The van der Waals surface area contributed by atoms with Crippen LogP contribution >= 0.6 is 0 Å². The Balaban J connectivity index is 1.74. The van der Waals surface area contributed by atoms with Gasteiger partial charge in [-0.15, -0.1) is 0 Å². The number of amides is 1. The van der Waals surface area contributed by atoms with E-state index in [1.165, 1.54) is 0 Å². The first-order valence-corrected chi connectivity index (χ1v) is 8.43. The van der Waals surface area contributed by atoms with Crippen LogP contribution in [-0.2, 0) is 11.3 Å². The molecule has 1 amide bonds. The van der Waals surface area contributed by atoms with Crippen molar-refractivity contribution in [3.63, 3.8) is 0 Å². The number of nitrogens with zero attached hydrogens (tertiary/aromatic N) is 4. The van der Waals surface area contributed by atoms with Crippen LogP contribution in [0.5, 0.6) is 0 Å². The average molecular weight is 328 g/mol. The highest BCUT2D eigenvalue weighted by molar-refractivity contribution is 5.75. The topological polar surface area (TPSA) is 61.6 Å². The predicted octanol–water partition coefficient (Wildman–Crippen LogP) is 1.29. The quantitative estimate of drug-likeness (QED) is 0.919. The molecule has 128 valence electrons. The summed E-state index contributed by atoms with van der Waals surface area (Å²) in [4.78, 5) is 15.9. The Hall–Kier alpha value is -2.18. The minimum absolute atomic E-state index is 0.104. The van der Waals surface area contributed by atoms with Gasteiger partial charge in [0.05, 0.1) is 11.8 Å². The van der Waals surface area contributed by atoms with E-state index in [0.29, 0.717) is 26.1 Å². The van der Waals surface area contributed by atoms with Crippen LogP contribution in [0.4, 0.5) is 0 Å². The minimum atomic E-state index is -0.514. The number of β-amino-alcohol motifs (C(OH)–C–C–N with tert-alkyl or cyclic N) is 1. The molecule has 2 heterocycles. The summed E-state index contributed by atoms with van der Waals surface area (Å²) in [6.45, 7) is 4.99. The molecule has 0 aliphatic carbocycles. The van der Waals surface area contributed by atoms with Crippen molar-refractivity contribution >= 4 is 5.91 Å². The molecular formula is C18H24N4O2. The molecule has 1 N–H and O–H groups in total. The maximum absolute atomic E-state index is 11.9. The molecule has 0 radical (unpaired) electrons. The second-order valence-electron chi connectivity index (χ2n) is 6.16. The number of hydrogen-bond acceptors (Lipinski definition) is 4. The Labute approximate surface area is 142 Å². The molecule has 0 saturated carbocycles. The highest BCUT2D eigenvalue weighted by atomic mass is 16.3. The van der Waals surface area contributed by atoms with Crippen LogP contribution in [0, 0.1) is 0 Å². The maximum Gasteiger partial charge on any atom is 0.222 e. The van der Waals surface area contributed by atoms with Crippen molar-refractivity contribution in [1.29, 1.82) is 0 Å². The molecule has 1 aromatic carbocycles. The van der Waals surface area contributed by atoms with Gasteiger partial charge >= 0.3 is 0 Å². The Bertz CT molecular complexity index is 671. The maximum atomic E-state index is 11.9. The minimum Gasteiger partial charge on any atom is -0.390 e. The molecule has 3 rings (SSSR count). The fourth-order valence-electron chi connectivity index (χ4n) is 3.17. The van der Waals surface area contributed by atoms with Gasteiger partial charge in [0.25, 0.3) is 0 Å². The lowest BCUT2D eigenvalue weighted by Crippen LogP contribution is -2.37. The Morgan fingerprint density at radius 2 is 2.08 bits per heavy atom. The number of carbonyl (C=O) groups excluding carboxylic acids is 1. The summed E-state index contributed by atoms with van der Waals surface area (Å²) in [7, 11) is 0. The van der Waals surface area contributed by atoms with E-state index in [-0.39, 0.29) is 5.91 Å². The summed E-state index contributed by atoms with van der Waals surface area (Å²) < 4.78 is 1.86. The summed E-state index contributed by atoms with van der Waals surface area (Å²) in [5.74, 6) is 0.104. The zero-order valence-electron chi connectivity index (χ0n) is 14.0. The molecule has 6 heteroatoms. The van der Waals surface area contributed by atoms with Gasteiger partial charge in [0, 0.05) is 51.5 Å². The van der Waals surface area contributed by atoms with Gasteiger partial charge in [-0.05, 0) is 17.7 Å². The monoisotopic (exact) mass is 328 g/mol. The first-order valence-electron chi connectivity index (χ1n) is 8.43. The van der Waals surface area contributed by atoms with Crippen LogP contribution in [0.25, 0.3) is 5.69 Å². The summed E-state index contributed by atoms with van der Waals surface area (Å²) in [6.07, 6.45) is 3.66. The van der Waals surface area contributed by atoms with Crippen molar-refractivity contribution < 1.29 is 9.90 Å². The zero-order valence-corrected chi connectivity index (χ0v) is 14.0. The van der Waals surface area contributed by atoms with Crippen LogP contribution in [-0.4, -0.2) is 62.9 Å². The molecule has 1 saturated heterocycles. The van der Waals surface area contributed by atoms with Gasteiger partial charge in [-0.1, -0.05) is 25.1 Å². The number of hydrogen-bond donors (Lipinski definition) is 1. The molecule has 6 nitrogen and oxygen atoms in total. The van der Waals surface area contributed by atoms with Gasteiger partial charge in [0.1, 0.15) is 0 Å². The summed E-state index contributed by atoms with van der Waals surface area (Å²) in [5.41, 5.74) is 2.20. The second-order valence-corrected chi connectivity index (χ2v) is 6.16. The van der Waals surface area contributed by atoms with Gasteiger partial charge < -0.3 is 10.0 Å². The standard InChI is InChI=1S/C18H24N4O2/c1-2-18(24)21-11-10-20(13-16(23)14-21)12-15-6-3-4-7-17(15)22-9-5-8-19-22/h3-9,16,23H,2,10-14H2,1H3/t16-/m1/s1. The SMILES string of the molecule is CCC(=O)N1CCN(Cc2ccccc2-n2cccn2)C[C@@H](O)C1. The molecule has 0 spiro atoms. The highest BCUT2D eigenvalue weighted by Crippen LogP contribution is 2.17. The lowest BCUT2D eigenvalue weighted by atomic mass is 10.1. The third-order valence-electron chi connectivity index (χ3n) is 4.38. The molecule has 1 atom stereocenters. The van der Waals surface area contributed by atoms with Crippen molar-refractivity contribution in [1.82, 2.24) is 19.6 Å². The van der Waals surface area contributed by atoms with Gasteiger partial charge in [0.15, 0.2) is 0 Å². The van der Waals surface area contributed by atoms with Gasteiger partial charge in [-0.2, -0.15) is 5.10 Å². The number of rotatable bonds is 4. The van der Waals surface area contributed by atoms with Crippen LogP contribution in [0.15, 0.2) is 42.7 Å². The van der Waals surface area contributed by atoms with E-state index in [0.717, 1.165) is 24.3 Å². The lowest BCUT2D eigenvalue weighted by molar-refractivity contribution is -0.131. The molecule has 0 bridgehead atoms. The molecule has 1 aliphatic rings. The van der Waals surface area contributed by atoms with E-state index in [1.54, 1.807) is 11.1 Å². The van der Waals surface area contributed by atoms with Crippen molar-refractivity contribution in [2.75, 3.05) is 26.2 Å². The molecule has 24 heavy (non-hydrogen) atoms. The van der Waals surface area contributed by atoms with Crippen LogP contribution in [0.1, 0.15) is 18.9 Å². The Kier molecular flexibility index (Phi) is 5.27.